The molecule has 3 aromatic rings. The molecular formula is C17H16Cl2N4O3S. The number of benzene rings is 1. The van der Waals surface area contributed by atoms with Crippen molar-refractivity contribution in [2.45, 2.75) is 13.1 Å². The molecule has 0 saturated heterocycles. The van der Waals surface area contributed by atoms with Crippen molar-refractivity contribution in [1.82, 2.24) is 19.6 Å². The maximum atomic E-state index is 12.4. The van der Waals surface area contributed by atoms with E-state index in [9.17, 15) is 14.7 Å². The summed E-state index contributed by atoms with van der Waals surface area (Å²) < 4.78 is 1.24. The van der Waals surface area contributed by atoms with E-state index in [1.807, 2.05) is 19.0 Å². The number of carbonyl (C=O) groups is 1. The van der Waals surface area contributed by atoms with Gasteiger partial charge < -0.3 is 15.3 Å². The Bertz CT molecular complexity index is 1080. The van der Waals surface area contributed by atoms with Crippen LogP contribution < -0.4 is 10.9 Å². The van der Waals surface area contributed by atoms with Crippen LogP contribution in [0.1, 0.15) is 20.9 Å². The molecule has 0 spiro atoms. The summed E-state index contributed by atoms with van der Waals surface area (Å²) in [5.41, 5.74) is -0.265. The van der Waals surface area contributed by atoms with Crippen LogP contribution in [0.25, 0.3) is 4.96 Å². The number of aromatic hydroxyl groups is 1. The summed E-state index contributed by atoms with van der Waals surface area (Å²) in [5.74, 6) is -1.34. The molecule has 27 heavy (non-hydrogen) atoms. The molecule has 2 N–H and O–H groups in total. The van der Waals surface area contributed by atoms with E-state index < -0.39 is 17.2 Å². The van der Waals surface area contributed by atoms with Gasteiger partial charge in [0.05, 0.1) is 10.0 Å². The molecule has 0 atom stereocenters. The van der Waals surface area contributed by atoms with Crippen LogP contribution in [0.4, 0.5) is 0 Å². The molecule has 2 aromatic heterocycles. The van der Waals surface area contributed by atoms with Gasteiger partial charge in [-0.15, -0.1) is 0 Å². The summed E-state index contributed by atoms with van der Waals surface area (Å²) in [7, 11) is 3.81. The van der Waals surface area contributed by atoms with Crippen LogP contribution in [0.15, 0.2) is 29.2 Å². The predicted octanol–water partition coefficient (Wildman–Crippen LogP) is 2.76. The first kappa shape index (κ1) is 19.6. The Hall–Kier alpha value is -2.13. The van der Waals surface area contributed by atoms with Gasteiger partial charge in [0, 0.05) is 24.2 Å². The summed E-state index contributed by atoms with van der Waals surface area (Å²) in [6.45, 7) is 0.764. The first-order chi connectivity index (χ1) is 12.8. The molecule has 7 nitrogen and oxygen atoms in total. The van der Waals surface area contributed by atoms with E-state index in [0.717, 1.165) is 10.4 Å². The van der Waals surface area contributed by atoms with E-state index in [1.165, 1.54) is 15.7 Å². The maximum Gasteiger partial charge on any atom is 0.301 e. The minimum Gasteiger partial charge on any atom is -0.501 e. The molecule has 0 aliphatic rings. The second-order valence-electron chi connectivity index (χ2n) is 6.13. The number of thiazole rings is 1. The van der Waals surface area contributed by atoms with Crippen LogP contribution in [0.3, 0.4) is 0 Å². The van der Waals surface area contributed by atoms with E-state index in [-0.39, 0.29) is 12.2 Å². The highest BCUT2D eigenvalue weighted by atomic mass is 35.5. The van der Waals surface area contributed by atoms with Gasteiger partial charge in [-0.2, -0.15) is 0 Å². The Labute approximate surface area is 168 Å². The van der Waals surface area contributed by atoms with Gasteiger partial charge in [-0.05, 0) is 31.8 Å². The average molecular weight is 427 g/mol. The molecule has 3 rings (SSSR count). The molecular weight excluding hydrogens is 411 g/mol. The van der Waals surface area contributed by atoms with E-state index >= 15 is 0 Å². The lowest BCUT2D eigenvalue weighted by atomic mass is 10.2. The number of hydrogen-bond donors (Lipinski definition) is 2. The Morgan fingerprint density at radius 1 is 1.33 bits per heavy atom. The van der Waals surface area contributed by atoms with Crippen molar-refractivity contribution in [3.05, 3.63) is 60.9 Å². The summed E-state index contributed by atoms with van der Waals surface area (Å²) in [5, 5.41) is 13.5. The van der Waals surface area contributed by atoms with Gasteiger partial charge in [-0.3, -0.25) is 14.0 Å². The van der Waals surface area contributed by atoms with E-state index in [1.54, 1.807) is 24.4 Å². The summed E-state index contributed by atoms with van der Waals surface area (Å²) in [6, 6.07) is 4.96. The van der Waals surface area contributed by atoms with Gasteiger partial charge in [0.15, 0.2) is 10.7 Å². The number of rotatable bonds is 5. The van der Waals surface area contributed by atoms with Crippen molar-refractivity contribution in [3.63, 3.8) is 0 Å². The molecule has 0 bridgehead atoms. The van der Waals surface area contributed by atoms with Crippen LogP contribution >= 0.6 is 34.5 Å². The third kappa shape index (κ3) is 4.24. The minimum absolute atomic E-state index is 0.145. The predicted molar refractivity (Wildman–Crippen MR) is 106 cm³/mol. The number of nitrogens with one attached hydrogen (secondary N) is 1. The highest BCUT2D eigenvalue weighted by Crippen LogP contribution is 2.23. The number of amides is 1. The number of nitrogens with zero attached hydrogens (tertiary/aromatic N) is 3. The Kier molecular flexibility index (Phi) is 5.71. The third-order valence-electron chi connectivity index (χ3n) is 3.68. The first-order valence-electron chi connectivity index (χ1n) is 7.87. The van der Waals surface area contributed by atoms with E-state index in [0.29, 0.717) is 21.6 Å². The molecule has 0 unspecified atom stereocenters. The molecule has 2 heterocycles. The number of fused-ring (bicyclic) bond motifs is 1. The average Bonchev–Trinajstić information content (AvgIpc) is 3.00. The van der Waals surface area contributed by atoms with Gasteiger partial charge in [0.25, 0.3) is 5.91 Å². The lowest BCUT2D eigenvalue weighted by molar-refractivity contribution is 0.0943. The topological polar surface area (TPSA) is 86.9 Å². The Morgan fingerprint density at radius 2 is 2.07 bits per heavy atom. The van der Waals surface area contributed by atoms with Crippen molar-refractivity contribution in [2.24, 2.45) is 0 Å². The number of aromatic nitrogens is 2. The normalized spacial score (nSPS) is 11.3. The Balaban J connectivity index is 1.86. The smallest absolute Gasteiger partial charge is 0.301 e. The zero-order valence-corrected chi connectivity index (χ0v) is 16.8. The van der Waals surface area contributed by atoms with Crippen molar-refractivity contribution in [3.8, 4) is 5.75 Å². The quantitative estimate of drug-likeness (QED) is 0.654. The zero-order valence-electron chi connectivity index (χ0n) is 14.5. The summed E-state index contributed by atoms with van der Waals surface area (Å²) >= 11 is 13.1. The number of carbonyl (C=O) groups excluding carboxylic acids is 1. The summed E-state index contributed by atoms with van der Waals surface area (Å²) in [4.78, 5) is 32.1. The fourth-order valence-corrected chi connectivity index (χ4v) is 3.84. The van der Waals surface area contributed by atoms with E-state index in [4.69, 9.17) is 23.2 Å². The third-order valence-corrected chi connectivity index (χ3v) is 5.39. The zero-order chi connectivity index (χ0) is 19.7. The molecule has 142 valence electrons. The van der Waals surface area contributed by atoms with Crippen LogP contribution in [0.2, 0.25) is 10.0 Å². The fourth-order valence-electron chi connectivity index (χ4n) is 2.44. The molecule has 0 fully saturated rings. The van der Waals surface area contributed by atoms with Gasteiger partial charge >= 0.3 is 5.56 Å². The number of hydrogen-bond acceptors (Lipinski definition) is 6. The van der Waals surface area contributed by atoms with Crippen LogP contribution in [-0.4, -0.2) is 39.4 Å². The molecule has 10 heteroatoms. The van der Waals surface area contributed by atoms with Crippen molar-refractivity contribution in [1.29, 1.82) is 0 Å². The van der Waals surface area contributed by atoms with Crippen molar-refractivity contribution < 1.29 is 9.90 Å². The van der Waals surface area contributed by atoms with Gasteiger partial charge in [0.1, 0.15) is 0 Å². The fraction of sp³-hybridized carbons (Fsp3) is 0.235. The van der Waals surface area contributed by atoms with Gasteiger partial charge in [0.2, 0.25) is 5.75 Å². The van der Waals surface area contributed by atoms with Crippen LogP contribution in [-0.2, 0) is 13.1 Å². The molecule has 0 radical (unpaired) electrons. The van der Waals surface area contributed by atoms with Crippen LogP contribution in [0.5, 0.6) is 5.75 Å². The van der Waals surface area contributed by atoms with Gasteiger partial charge in [-0.1, -0.05) is 40.6 Å². The molecule has 0 aliphatic heterocycles. The molecule has 1 aromatic carbocycles. The Morgan fingerprint density at radius 3 is 2.74 bits per heavy atom. The summed E-state index contributed by atoms with van der Waals surface area (Å²) in [6.07, 6.45) is 1.62. The largest absolute Gasteiger partial charge is 0.501 e. The van der Waals surface area contributed by atoms with Crippen molar-refractivity contribution >= 4 is 45.4 Å². The monoisotopic (exact) mass is 426 g/mol. The van der Waals surface area contributed by atoms with E-state index in [2.05, 4.69) is 10.3 Å². The lowest BCUT2D eigenvalue weighted by Crippen LogP contribution is -2.27. The highest BCUT2D eigenvalue weighted by molar-refractivity contribution is 7.17. The molecule has 1 amide bonds. The standard InChI is InChI=1S/C17H16Cl2N4O3S/c1-22(2)7-10-8-23-16(26)14(24)13(21-17(23)27-10)15(25)20-6-9-3-4-11(18)12(19)5-9/h3-5,8,24H,6-7H2,1-2H3,(H,20,25). The SMILES string of the molecule is CN(C)Cc1cn2c(=O)c(O)c(C(=O)NCc3ccc(Cl)c(Cl)c3)nc2s1. The van der Waals surface area contributed by atoms with Gasteiger partial charge in [-0.25, -0.2) is 4.98 Å². The van der Waals surface area contributed by atoms with Crippen molar-refractivity contribution in [2.75, 3.05) is 14.1 Å². The molecule has 0 aliphatic carbocycles. The highest BCUT2D eigenvalue weighted by Gasteiger charge is 2.20. The first-order valence-corrected chi connectivity index (χ1v) is 9.44. The lowest BCUT2D eigenvalue weighted by Gasteiger charge is -2.07. The second-order valence-corrected chi connectivity index (χ2v) is 8.04. The van der Waals surface area contributed by atoms with Crippen LogP contribution in [0, 0.1) is 0 Å². The molecule has 0 saturated carbocycles. The maximum absolute atomic E-state index is 12.4. The second kappa shape index (κ2) is 7.85. The minimum atomic E-state index is -0.687. The number of halogens is 2.